The lowest BCUT2D eigenvalue weighted by molar-refractivity contribution is 0.611. The molecule has 2 aromatic rings. The van der Waals surface area contributed by atoms with Crippen molar-refractivity contribution in [3.63, 3.8) is 0 Å². The van der Waals surface area contributed by atoms with Crippen LogP contribution in [-0.4, -0.2) is 54.5 Å². The van der Waals surface area contributed by atoms with Crippen LogP contribution in [0.2, 0.25) is 0 Å². The summed E-state index contributed by atoms with van der Waals surface area (Å²) in [4.78, 5) is 14.5. The number of rotatable bonds is 4. The molecule has 0 saturated heterocycles. The Morgan fingerprint density at radius 2 is 2.13 bits per heavy atom. The Bertz CT molecular complexity index is 744. The van der Waals surface area contributed by atoms with Crippen LogP contribution in [0.15, 0.2) is 40.4 Å². The summed E-state index contributed by atoms with van der Waals surface area (Å²) in [7, 11) is 0. The average Bonchev–Trinajstić information content (AvgIpc) is 3.31. The Morgan fingerprint density at radius 3 is 3.04 bits per heavy atom. The van der Waals surface area contributed by atoms with Gasteiger partial charge in [0, 0.05) is 36.7 Å². The second-order valence-corrected chi connectivity index (χ2v) is 5.88. The molecule has 0 amide bonds. The van der Waals surface area contributed by atoms with Crippen LogP contribution in [0.1, 0.15) is 12.0 Å². The summed E-state index contributed by atoms with van der Waals surface area (Å²) in [5.74, 6) is 1.92. The molecule has 0 unspecified atom stereocenters. The zero-order valence-corrected chi connectivity index (χ0v) is 13.2. The van der Waals surface area contributed by atoms with Gasteiger partial charge in [-0.25, -0.2) is 0 Å². The van der Waals surface area contributed by atoms with Gasteiger partial charge < -0.3 is 15.6 Å². The highest BCUT2D eigenvalue weighted by Gasteiger charge is 2.23. The van der Waals surface area contributed by atoms with E-state index in [4.69, 9.17) is 0 Å². The van der Waals surface area contributed by atoms with Crippen molar-refractivity contribution in [3.05, 3.63) is 36.0 Å². The van der Waals surface area contributed by atoms with Gasteiger partial charge in [0.05, 0.1) is 13.1 Å². The summed E-state index contributed by atoms with van der Waals surface area (Å²) in [5, 5.41) is 8.11. The normalized spacial score (nSPS) is 17.3. The number of aliphatic imine (C=N–C) groups is 2. The van der Waals surface area contributed by atoms with Crippen LogP contribution < -0.4 is 10.6 Å². The third-order valence-corrected chi connectivity index (χ3v) is 4.33. The lowest BCUT2D eigenvalue weighted by Gasteiger charge is -2.20. The van der Waals surface area contributed by atoms with Gasteiger partial charge in [0.15, 0.2) is 0 Å². The van der Waals surface area contributed by atoms with Crippen molar-refractivity contribution < 1.29 is 0 Å². The molecule has 4 rings (SSSR count). The third-order valence-electron chi connectivity index (χ3n) is 4.33. The molecule has 3 heterocycles. The number of nitrogens with one attached hydrogen (secondary N) is 3. The summed E-state index contributed by atoms with van der Waals surface area (Å²) < 4.78 is 0. The van der Waals surface area contributed by atoms with Gasteiger partial charge >= 0.3 is 0 Å². The van der Waals surface area contributed by atoms with E-state index in [-0.39, 0.29) is 0 Å². The minimum atomic E-state index is 0.839. The van der Waals surface area contributed by atoms with Crippen molar-refractivity contribution in [1.82, 2.24) is 20.5 Å². The van der Waals surface area contributed by atoms with Gasteiger partial charge in [-0.2, -0.15) is 0 Å². The number of guanidine groups is 2. The molecule has 0 radical (unpaired) electrons. The van der Waals surface area contributed by atoms with E-state index in [9.17, 15) is 0 Å². The monoisotopic (exact) mass is 310 g/mol. The maximum absolute atomic E-state index is 4.55. The second kappa shape index (κ2) is 6.32. The summed E-state index contributed by atoms with van der Waals surface area (Å²) in [5.41, 5.74) is 2.60. The van der Waals surface area contributed by atoms with Crippen molar-refractivity contribution in [2.24, 2.45) is 9.98 Å². The van der Waals surface area contributed by atoms with Gasteiger partial charge in [-0.15, -0.1) is 0 Å². The summed E-state index contributed by atoms with van der Waals surface area (Å²) >= 11 is 0. The first kappa shape index (κ1) is 14.1. The number of hydrogen-bond acceptors (Lipinski definition) is 5. The van der Waals surface area contributed by atoms with Crippen LogP contribution >= 0.6 is 0 Å². The number of nitrogens with zero attached hydrogens (tertiary/aromatic N) is 3. The standard InChI is InChI=1S/C17H22N6/c1-2-6-15-14(5-1)13(12-22-15)4-3-7-18-16-21-10-11-23(16)17-19-8-9-20-17/h1-2,5-6,12,22H,3-4,7-11H2,(H,18,21)(H,19,20). The number of H-pyrrole nitrogens is 1. The quantitative estimate of drug-likeness (QED) is 0.746. The lowest BCUT2D eigenvalue weighted by atomic mass is 10.1. The molecule has 3 N–H and O–H groups in total. The summed E-state index contributed by atoms with van der Waals surface area (Å²) in [6.45, 7) is 4.46. The fourth-order valence-electron chi connectivity index (χ4n) is 3.19. The molecule has 0 spiro atoms. The highest BCUT2D eigenvalue weighted by atomic mass is 15.4. The number of aromatic amines is 1. The minimum Gasteiger partial charge on any atom is -0.361 e. The Balaban J connectivity index is 1.30. The third kappa shape index (κ3) is 2.88. The Hall–Kier alpha value is -2.50. The van der Waals surface area contributed by atoms with E-state index in [0.29, 0.717) is 0 Å². The molecule has 120 valence electrons. The molecular weight excluding hydrogens is 288 g/mol. The molecule has 0 saturated carbocycles. The van der Waals surface area contributed by atoms with E-state index in [2.05, 4.69) is 61.0 Å². The van der Waals surface area contributed by atoms with E-state index < -0.39 is 0 Å². The molecule has 0 aliphatic carbocycles. The maximum atomic E-state index is 4.55. The van der Waals surface area contributed by atoms with Crippen molar-refractivity contribution >= 4 is 22.8 Å². The van der Waals surface area contributed by atoms with Gasteiger partial charge in [0.25, 0.3) is 0 Å². The summed E-state index contributed by atoms with van der Waals surface area (Å²) in [6, 6.07) is 8.47. The molecule has 0 atom stereocenters. The van der Waals surface area contributed by atoms with Crippen LogP contribution in [0.4, 0.5) is 0 Å². The van der Waals surface area contributed by atoms with Gasteiger partial charge in [0.1, 0.15) is 0 Å². The topological polar surface area (TPSA) is 67.8 Å². The van der Waals surface area contributed by atoms with Crippen molar-refractivity contribution in [1.29, 1.82) is 0 Å². The highest BCUT2D eigenvalue weighted by molar-refractivity contribution is 6.00. The molecule has 1 aromatic heterocycles. The number of fused-ring (bicyclic) bond motifs is 1. The number of hydrogen-bond donors (Lipinski definition) is 3. The Kier molecular flexibility index (Phi) is 3.88. The first-order valence-corrected chi connectivity index (χ1v) is 8.31. The molecule has 2 aliphatic rings. The second-order valence-electron chi connectivity index (χ2n) is 5.88. The smallest absolute Gasteiger partial charge is 0.201 e. The zero-order chi connectivity index (χ0) is 15.5. The van der Waals surface area contributed by atoms with E-state index in [1.807, 2.05) is 0 Å². The number of aryl methyl sites for hydroxylation is 1. The lowest BCUT2D eigenvalue weighted by Crippen LogP contribution is -2.46. The van der Waals surface area contributed by atoms with Gasteiger partial charge in [-0.05, 0) is 24.5 Å². The number of benzene rings is 1. The van der Waals surface area contributed by atoms with Crippen molar-refractivity contribution in [2.45, 2.75) is 12.8 Å². The van der Waals surface area contributed by atoms with Crippen LogP contribution in [-0.2, 0) is 6.42 Å². The van der Waals surface area contributed by atoms with Crippen molar-refractivity contribution in [2.75, 3.05) is 32.7 Å². The largest absolute Gasteiger partial charge is 0.361 e. The molecular formula is C17H22N6. The molecule has 6 heteroatoms. The minimum absolute atomic E-state index is 0.839. The maximum Gasteiger partial charge on any atom is 0.201 e. The predicted molar refractivity (Wildman–Crippen MR) is 93.9 cm³/mol. The molecule has 1 aromatic carbocycles. The van der Waals surface area contributed by atoms with Gasteiger partial charge in [0.2, 0.25) is 11.9 Å². The first-order valence-electron chi connectivity index (χ1n) is 8.31. The zero-order valence-electron chi connectivity index (χ0n) is 13.2. The Labute approximate surface area is 135 Å². The van der Waals surface area contributed by atoms with Crippen LogP contribution in [0.3, 0.4) is 0 Å². The average molecular weight is 310 g/mol. The van der Waals surface area contributed by atoms with E-state index in [1.165, 1.54) is 16.5 Å². The molecule has 6 nitrogen and oxygen atoms in total. The molecule has 23 heavy (non-hydrogen) atoms. The Morgan fingerprint density at radius 1 is 1.17 bits per heavy atom. The van der Waals surface area contributed by atoms with E-state index >= 15 is 0 Å². The van der Waals surface area contributed by atoms with Crippen molar-refractivity contribution in [3.8, 4) is 0 Å². The number of para-hydroxylation sites is 1. The van der Waals surface area contributed by atoms with Gasteiger partial charge in [-0.3, -0.25) is 14.9 Å². The molecule has 0 bridgehead atoms. The van der Waals surface area contributed by atoms with Gasteiger partial charge in [-0.1, -0.05) is 18.2 Å². The fraction of sp³-hybridized carbons (Fsp3) is 0.412. The van der Waals surface area contributed by atoms with E-state index in [1.54, 1.807) is 0 Å². The number of aromatic nitrogens is 1. The van der Waals surface area contributed by atoms with Crippen LogP contribution in [0, 0.1) is 0 Å². The van der Waals surface area contributed by atoms with Crippen LogP contribution in [0.5, 0.6) is 0 Å². The van der Waals surface area contributed by atoms with Crippen LogP contribution in [0.25, 0.3) is 10.9 Å². The molecule has 0 fully saturated rings. The SMILES string of the molecule is c1ccc2c(CCCNC3=NCCN3C3=NCCN3)c[nH]c2c1. The summed E-state index contributed by atoms with van der Waals surface area (Å²) in [6.07, 6.45) is 4.26. The predicted octanol–water partition coefficient (Wildman–Crippen LogP) is 1.32. The first-order chi connectivity index (χ1) is 11.4. The molecule has 2 aliphatic heterocycles. The highest BCUT2D eigenvalue weighted by Crippen LogP contribution is 2.18. The van der Waals surface area contributed by atoms with E-state index in [0.717, 1.165) is 57.5 Å². The fourth-order valence-corrected chi connectivity index (χ4v) is 3.19.